The number of ether oxygens (including phenoxy) is 1. The van der Waals surface area contributed by atoms with Gasteiger partial charge in [-0.15, -0.1) is 0 Å². The number of nitro groups is 1. The first kappa shape index (κ1) is 19.4. The van der Waals surface area contributed by atoms with Crippen LogP contribution in [0.2, 0.25) is 0 Å². The van der Waals surface area contributed by atoms with Crippen molar-refractivity contribution < 1.29 is 18.1 Å². The molecule has 0 atom stereocenters. The van der Waals surface area contributed by atoms with E-state index < -0.39 is 14.9 Å². The lowest BCUT2D eigenvalue weighted by Crippen LogP contribution is -2.30. The van der Waals surface area contributed by atoms with Gasteiger partial charge in [0.05, 0.1) is 29.2 Å². The molecule has 7 nitrogen and oxygen atoms in total. The van der Waals surface area contributed by atoms with Crippen molar-refractivity contribution in [3.05, 3.63) is 94.5 Å². The summed E-state index contributed by atoms with van der Waals surface area (Å²) >= 11 is 0. The Balaban J connectivity index is 2.04. The van der Waals surface area contributed by atoms with Crippen LogP contribution in [0.5, 0.6) is 5.75 Å². The van der Waals surface area contributed by atoms with Gasteiger partial charge in [0.2, 0.25) is 0 Å². The predicted octanol–water partition coefficient (Wildman–Crippen LogP) is 4.00. The summed E-state index contributed by atoms with van der Waals surface area (Å²) < 4.78 is 33.0. The molecule has 28 heavy (non-hydrogen) atoms. The molecule has 0 bridgehead atoms. The van der Waals surface area contributed by atoms with Gasteiger partial charge in [-0.3, -0.25) is 14.4 Å². The third-order valence-corrected chi connectivity index (χ3v) is 5.95. The normalized spacial score (nSPS) is 11.0. The molecule has 0 saturated heterocycles. The number of anilines is 1. The zero-order valence-electron chi connectivity index (χ0n) is 15.1. The van der Waals surface area contributed by atoms with Crippen molar-refractivity contribution >= 4 is 21.4 Å². The molecule has 0 amide bonds. The highest BCUT2D eigenvalue weighted by molar-refractivity contribution is 7.92. The highest BCUT2D eigenvalue weighted by atomic mass is 32.2. The van der Waals surface area contributed by atoms with E-state index in [9.17, 15) is 18.5 Å². The van der Waals surface area contributed by atoms with E-state index in [0.29, 0.717) is 11.4 Å². The molecule has 0 fully saturated rings. The fourth-order valence-corrected chi connectivity index (χ4v) is 4.13. The first-order valence-electron chi connectivity index (χ1n) is 8.37. The van der Waals surface area contributed by atoms with E-state index >= 15 is 0 Å². The summed E-state index contributed by atoms with van der Waals surface area (Å²) in [5.41, 5.74) is 1.10. The van der Waals surface area contributed by atoms with Gasteiger partial charge >= 0.3 is 0 Å². The van der Waals surface area contributed by atoms with Crippen molar-refractivity contribution in [2.24, 2.45) is 0 Å². The Hall–Kier alpha value is -3.39. The number of benzene rings is 3. The lowest BCUT2D eigenvalue weighted by Gasteiger charge is -2.25. The minimum absolute atomic E-state index is 0.0233. The Morgan fingerprint density at radius 2 is 1.54 bits per heavy atom. The van der Waals surface area contributed by atoms with Crippen LogP contribution in [0.1, 0.15) is 5.56 Å². The molecule has 0 unspecified atom stereocenters. The Kier molecular flexibility index (Phi) is 5.60. The van der Waals surface area contributed by atoms with Crippen LogP contribution in [0.25, 0.3) is 0 Å². The van der Waals surface area contributed by atoms with Crippen LogP contribution in [0.4, 0.5) is 11.4 Å². The Labute approximate surface area is 163 Å². The van der Waals surface area contributed by atoms with E-state index in [1.165, 1.54) is 35.7 Å². The number of sulfonamides is 1. The van der Waals surface area contributed by atoms with E-state index in [2.05, 4.69) is 0 Å². The Morgan fingerprint density at radius 1 is 0.929 bits per heavy atom. The van der Waals surface area contributed by atoms with Crippen LogP contribution in [-0.4, -0.2) is 20.5 Å². The standard InChI is InChI=1S/C20H18N2O5S/c1-27-19-11-7-17(8-12-19)21(15-16-5-3-2-4-6-16)28(25,26)20-13-9-18(10-14-20)22(23)24/h2-14H,15H2,1H3. The second-order valence-electron chi connectivity index (χ2n) is 5.95. The molecular weight excluding hydrogens is 380 g/mol. The monoisotopic (exact) mass is 398 g/mol. The van der Waals surface area contributed by atoms with Crippen molar-refractivity contribution in [1.29, 1.82) is 0 Å². The van der Waals surface area contributed by atoms with Gasteiger partial charge in [-0.05, 0) is 42.0 Å². The number of hydrogen-bond donors (Lipinski definition) is 0. The molecule has 3 aromatic carbocycles. The molecule has 0 N–H and O–H groups in total. The molecule has 0 aliphatic carbocycles. The number of methoxy groups -OCH3 is 1. The number of nitro benzene ring substituents is 1. The highest BCUT2D eigenvalue weighted by Gasteiger charge is 2.26. The lowest BCUT2D eigenvalue weighted by molar-refractivity contribution is -0.384. The lowest BCUT2D eigenvalue weighted by atomic mass is 10.2. The molecule has 0 heterocycles. The van der Waals surface area contributed by atoms with Crippen molar-refractivity contribution in [3.63, 3.8) is 0 Å². The van der Waals surface area contributed by atoms with Crippen LogP contribution < -0.4 is 9.04 Å². The van der Waals surface area contributed by atoms with Crippen LogP contribution in [-0.2, 0) is 16.6 Å². The average molecular weight is 398 g/mol. The van der Waals surface area contributed by atoms with Gasteiger partial charge in [-0.25, -0.2) is 8.42 Å². The molecule has 0 saturated carbocycles. The second kappa shape index (κ2) is 8.10. The van der Waals surface area contributed by atoms with Crippen molar-refractivity contribution in [2.75, 3.05) is 11.4 Å². The zero-order chi connectivity index (χ0) is 20.1. The number of non-ortho nitro benzene ring substituents is 1. The Morgan fingerprint density at radius 3 is 2.07 bits per heavy atom. The predicted molar refractivity (Wildman–Crippen MR) is 106 cm³/mol. The fourth-order valence-electron chi connectivity index (χ4n) is 2.68. The molecule has 0 spiro atoms. The third kappa shape index (κ3) is 4.12. The van der Waals surface area contributed by atoms with Gasteiger partial charge in [-0.1, -0.05) is 30.3 Å². The third-order valence-electron chi connectivity index (χ3n) is 4.16. The van der Waals surface area contributed by atoms with Crippen LogP contribution >= 0.6 is 0 Å². The topological polar surface area (TPSA) is 89.8 Å². The average Bonchev–Trinajstić information content (AvgIpc) is 2.73. The van der Waals surface area contributed by atoms with Crippen molar-refractivity contribution in [1.82, 2.24) is 0 Å². The van der Waals surface area contributed by atoms with Crippen LogP contribution in [0.15, 0.2) is 83.8 Å². The largest absolute Gasteiger partial charge is 0.497 e. The van der Waals surface area contributed by atoms with Crippen LogP contribution in [0.3, 0.4) is 0 Å². The first-order chi connectivity index (χ1) is 13.4. The minimum Gasteiger partial charge on any atom is -0.497 e. The maximum Gasteiger partial charge on any atom is 0.269 e. The van der Waals surface area contributed by atoms with Crippen LogP contribution in [0, 0.1) is 10.1 Å². The summed E-state index contributed by atoms with van der Waals surface area (Å²) in [6.45, 7) is 0.118. The number of nitrogens with zero attached hydrogens (tertiary/aromatic N) is 2. The SMILES string of the molecule is COc1ccc(N(Cc2ccccc2)S(=O)(=O)c2ccc([N+](=O)[O-])cc2)cc1. The van der Waals surface area contributed by atoms with Gasteiger partial charge < -0.3 is 4.74 Å². The fraction of sp³-hybridized carbons (Fsp3) is 0.100. The molecule has 0 aromatic heterocycles. The second-order valence-corrected chi connectivity index (χ2v) is 7.81. The number of rotatable bonds is 7. The maximum absolute atomic E-state index is 13.3. The first-order valence-corrected chi connectivity index (χ1v) is 9.81. The summed E-state index contributed by atoms with van der Waals surface area (Å²) in [4.78, 5) is 10.3. The van der Waals surface area contributed by atoms with Gasteiger partial charge in [0, 0.05) is 12.1 Å². The molecule has 3 rings (SSSR count). The van der Waals surface area contributed by atoms with E-state index in [-0.39, 0.29) is 17.1 Å². The molecule has 8 heteroatoms. The quantitative estimate of drug-likeness (QED) is 0.443. The van der Waals surface area contributed by atoms with E-state index in [4.69, 9.17) is 4.74 Å². The minimum atomic E-state index is -3.94. The smallest absolute Gasteiger partial charge is 0.269 e. The van der Waals surface area contributed by atoms with Crippen molar-refractivity contribution in [3.8, 4) is 5.75 Å². The van der Waals surface area contributed by atoms with E-state index in [1.807, 2.05) is 30.3 Å². The van der Waals surface area contributed by atoms with E-state index in [0.717, 1.165) is 5.56 Å². The molecule has 0 radical (unpaired) electrons. The summed E-state index contributed by atoms with van der Waals surface area (Å²) in [5, 5.41) is 10.9. The summed E-state index contributed by atoms with van der Waals surface area (Å²) in [5.74, 6) is 0.608. The molecule has 0 aliphatic heterocycles. The number of hydrogen-bond acceptors (Lipinski definition) is 5. The zero-order valence-corrected chi connectivity index (χ0v) is 15.9. The van der Waals surface area contributed by atoms with Gasteiger partial charge in [0.25, 0.3) is 15.7 Å². The summed E-state index contributed by atoms with van der Waals surface area (Å²) in [6.07, 6.45) is 0. The van der Waals surface area contributed by atoms with E-state index in [1.54, 1.807) is 24.3 Å². The van der Waals surface area contributed by atoms with Gasteiger partial charge in [0.15, 0.2) is 0 Å². The Bertz CT molecular complexity index is 1050. The van der Waals surface area contributed by atoms with Gasteiger partial charge in [-0.2, -0.15) is 0 Å². The maximum atomic E-state index is 13.3. The molecular formula is C20H18N2O5S. The van der Waals surface area contributed by atoms with Crippen molar-refractivity contribution in [2.45, 2.75) is 11.4 Å². The highest BCUT2D eigenvalue weighted by Crippen LogP contribution is 2.28. The molecule has 0 aliphatic rings. The van der Waals surface area contributed by atoms with Gasteiger partial charge in [0.1, 0.15) is 5.75 Å². The molecule has 144 valence electrons. The summed E-state index contributed by atoms with van der Waals surface area (Å²) in [7, 11) is -2.41. The molecule has 3 aromatic rings. The summed E-state index contributed by atoms with van der Waals surface area (Å²) in [6, 6.07) is 20.7.